The Morgan fingerprint density at radius 1 is 1.22 bits per heavy atom. The summed E-state index contributed by atoms with van der Waals surface area (Å²) in [6.45, 7) is 5.80. The number of hydrogen-bond acceptors (Lipinski definition) is 6. The van der Waals surface area contributed by atoms with Crippen LogP contribution >= 0.6 is 24.0 Å². The van der Waals surface area contributed by atoms with Gasteiger partial charge in [-0.3, -0.25) is 4.99 Å². The maximum absolute atomic E-state index is 5.39. The lowest BCUT2D eigenvalue weighted by Gasteiger charge is -2.11. The van der Waals surface area contributed by atoms with E-state index < -0.39 is 0 Å². The highest BCUT2D eigenvalue weighted by atomic mass is 127. The second-order valence-corrected chi connectivity index (χ2v) is 6.34. The first-order valence-corrected chi connectivity index (χ1v) is 8.81. The standard InChI is InChI=1S/C18H25N5O3.HI/c1-12(2)17-22-16(26-23-17)5-4-8-20-18(19-3)21-10-13-6-7-14-15(9-13)25-11-24-14;/h6-7,9,12H,4-5,8,10-11H2,1-3H3,(H2,19,20,21);1H. The molecule has 0 atom stereocenters. The number of nitrogens with one attached hydrogen (secondary N) is 2. The molecule has 3 rings (SSSR count). The van der Waals surface area contributed by atoms with Crippen molar-refractivity contribution in [2.24, 2.45) is 4.99 Å². The summed E-state index contributed by atoms with van der Waals surface area (Å²) in [4.78, 5) is 8.61. The Kier molecular flexibility index (Phi) is 8.14. The first-order chi connectivity index (χ1) is 12.7. The predicted molar refractivity (Wildman–Crippen MR) is 113 cm³/mol. The van der Waals surface area contributed by atoms with Crippen LogP contribution in [0.15, 0.2) is 27.7 Å². The molecule has 0 spiro atoms. The first-order valence-electron chi connectivity index (χ1n) is 8.81. The Balaban J connectivity index is 0.00000261. The lowest BCUT2D eigenvalue weighted by molar-refractivity contribution is 0.174. The number of aromatic nitrogens is 2. The number of fused-ring (bicyclic) bond motifs is 1. The van der Waals surface area contributed by atoms with Crippen molar-refractivity contribution >= 4 is 29.9 Å². The molecular weight excluding hydrogens is 461 g/mol. The smallest absolute Gasteiger partial charge is 0.231 e. The van der Waals surface area contributed by atoms with Crippen LogP contribution in [0, 0.1) is 0 Å². The van der Waals surface area contributed by atoms with E-state index in [1.54, 1.807) is 7.05 Å². The third-order valence-corrected chi connectivity index (χ3v) is 3.98. The Hall–Kier alpha value is -2.04. The summed E-state index contributed by atoms with van der Waals surface area (Å²) < 4.78 is 16.0. The monoisotopic (exact) mass is 487 g/mol. The minimum atomic E-state index is 0. The van der Waals surface area contributed by atoms with Gasteiger partial charge in [0.15, 0.2) is 23.3 Å². The summed E-state index contributed by atoms with van der Waals surface area (Å²) in [6.07, 6.45) is 1.62. The van der Waals surface area contributed by atoms with Gasteiger partial charge in [0.05, 0.1) is 0 Å². The maximum atomic E-state index is 5.39. The molecule has 2 aromatic rings. The highest BCUT2D eigenvalue weighted by Crippen LogP contribution is 2.32. The minimum Gasteiger partial charge on any atom is -0.454 e. The van der Waals surface area contributed by atoms with E-state index in [-0.39, 0.29) is 36.7 Å². The van der Waals surface area contributed by atoms with Crippen molar-refractivity contribution < 1.29 is 14.0 Å². The van der Waals surface area contributed by atoms with Gasteiger partial charge in [0, 0.05) is 32.5 Å². The summed E-state index contributed by atoms with van der Waals surface area (Å²) in [5, 5.41) is 10.5. The molecule has 0 unspecified atom stereocenters. The molecule has 8 nitrogen and oxygen atoms in total. The second kappa shape index (κ2) is 10.3. The van der Waals surface area contributed by atoms with Crippen LogP contribution in [0.4, 0.5) is 0 Å². The van der Waals surface area contributed by atoms with Crippen LogP contribution in [-0.4, -0.2) is 36.5 Å². The fraction of sp³-hybridized carbons (Fsp3) is 0.500. The molecule has 0 fully saturated rings. The lowest BCUT2D eigenvalue weighted by Crippen LogP contribution is -2.37. The molecule has 9 heteroatoms. The third-order valence-electron chi connectivity index (χ3n) is 3.98. The van der Waals surface area contributed by atoms with E-state index in [1.165, 1.54) is 0 Å². The molecule has 0 amide bonds. The largest absolute Gasteiger partial charge is 0.454 e. The van der Waals surface area contributed by atoms with E-state index in [2.05, 4.69) is 25.8 Å². The van der Waals surface area contributed by atoms with Gasteiger partial charge < -0.3 is 24.6 Å². The molecule has 1 aromatic heterocycles. The second-order valence-electron chi connectivity index (χ2n) is 6.34. The van der Waals surface area contributed by atoms with Gasteiger partial charge in [-0.1, -0.05) is 25.1 Å². The summed E-state index contributed by atoms with van der Waals surface area (Å²) in [6, 6.07) is 5.91. The number of aliphatic imine (C=N–C) groups is 1. The van der Waals surface area contributed by atoms with Gasteiger partial charge in [0.25, 0.3) is 0 Å². The van der Waals surface area contributed by atoms with E-state index in [0.717, 1.165) is 48.2 Å². The number of ether oxygens (including phenoxy) is 2. The van der Waals surface area contributed by atoms with Crippen LogP contribution in [0.2, 0.25) is 0 Å². The molecule has 0 aliphatic carbocycles. The van der Waals surface area contributed by atoms with E-state index in [9.17, 15) is 0 Å². The zero-order valence-corrected chi connectivity index (χ0v) is 18.1. The van der Waals surface area contributed by atoms with Gasteiger partial charge in [-0.05, 0) is 24.1 Å². The van der Waals surface area contributed by atoms with Gasteiger partial charge in [-0.2, -0.15) is 4.98 Å². The normalized spacial score (nSPS) is 12.8. The Morgan fingerprint density at radius 2 is 2.04 bits per heavy atom. The first kappa shape index (κ1) is 21.3. The van der Waals surface area contributed by atoms with Crippen LogP contribution in [0.3, 0.4) is 0 Å². The van der Waals surface area contributed by atoms with E-state index >= 15 is 0 Å². The van der Waals surface area contributed by atoms with Crippen LogP contribution < -0.4 is 20.1 Å². The minimum absolute atomic E-state index is 0. The Morgan fingerprint density at radius 3 is 2.78 bits per heavy atom. The Labute approximate surface area is 176 Å². The van der Waals surface area contributed by atoms with Gasteiger partial charge in [-0.15, -0.1) is 24.0 Å². The number of rotatable bonds is 7. The molecule has 0 bridgehead atoms. The molecule has 148 valence electrons. The highest BCUT2D eigenvalue weighted by Gasteiger charge is 2.13. The van der Waals surface area contributed by atoms with E-state index in [4.69, 9.17) is 14.0 Å². The molecule has 1 aliphatic rings. The highest BCUT2D eigenvalue weighted by molar-refractivity contribution is 14.0. The molecule has 0 saturated heterocycles. The molecule has 0 saturated carbocycles. The maximum Gasteiger partial charge on any atom is 0.231 e. The molecule has 0 radical (unpaired) electrons. The average molecular weight is 487 g/mol. The topological polar surface area (TPSA) is 93.8 Å². The van der Waals surface area contributed by atoms with Crippen LogP contribution in [-0.2, 0) is 13.0 Å². The third kappa shape index (κ3) is 5.98. The number of hydrogen-bond donors (Lipinski definition) is 2. The fourth-order valence-electron chi connectivity index (χ4n) is 2.51. The van der Waals surface area contributed by atoms with Gasteiger partial charge >= 0.3 is 0 Å². The SMILES string of the molecule is CN=C(NCCCc1nc(C(C)C)no1)NCc1ccc2c(c1)OCO2.I. The van der Waals surface area contributed by atoms with Gasteiger partial charge in [0.2, 0.25) is 12.7 Å². The average Bonchev–Trinajstić information content (AvgIpc) is 3.30. The van der Waals surface area contributed by atoms with E-state index in [1.807, 2.05) is 32.0 Å². The number of halogens is 1. The zero-order valence-electron chi connectivity index (χ0n) is 15.8. The fourth-order valence-corrected chi connectivity index (χ4v) is 2.51. The number of nitrogens with zero attached hydrogens (tertiary/aromatic N) is 3. The number of benzene rings is 1. The van der Waals surface area contributed by atoms with Crippen molar-refractivity contribution in [1.29, 1.82) is 0 Å². The van der Waals surface area contributed by atoms with Crippen molar-refractivity contribution in [3.05, 3.63) is 35.5 Å². The summed E-state index contributed by atoms with van der Waals surface area (Å²) >= 11 is 0. The zero-order chi connectivity index (χ0) is 18.4. The van der Waals surface area contributed by atoms with Crippen molar-refractivity contribution in [2.75, 3.05) is 20.4 Å². The van der Waals surface area contributed by atoms with Crippen molar-refractivity contribution in [2.45, 2.75) is 39.2 Å². The van der Waals surface area contributed by atoms with Crippen molar-refractivity contribution in [1.82, 2.24) is 20.8 Å². The van der Waals surface area contributed by atoms with Crippen LogP contribution in [0.1, 0.15) is 43.5 Å². The molecule has 2 heterocycles. The summed E-state index contributed by atoms with van der Waals surface area (Å²) in [5.41, 5.74) is 1.10. The molecule has 2 N–H and O–H groups in total. The molecule has 1 aliphatic heterocycles. The van der Waals surface area contributed by atoms with E-state index in [0.29, 0.717) is 12.4 Å². The van der Waals surface area contributed by atoms with Crippen molar-refractivity contribution in [3.8, 4) is 11.5 Å². The van der Waals surface area contributed by atoms with Crippen LogP contribution in [0.25, 0.3) is 0 Å². The predicted octanol–water partition coefficient (Wildman–Crippen LogP) is 2.84. The van der Waals surface area contributed by atoms with Crippen LogP contribution in [0.5, 0.6) is 11.5 Å². The molecule has 1 aromatic carbocycles. The molecule has 27 heavy (non-hydrogen) atoms. The van der Waals surface area contributed by atoms with Gasteiger partial charge in [0.1, 0.15) is 0 Å². The van der Waals surface area contributed by atoms with Gasteiger partial charge in [-0.25, -0.2) is 0 Å². The number of aryl methyl sites for hydroxylation is 1. The van der Waals surface area contributed by atoms with Crippen molar-refractivity contribution in [3.63, 3.8) is 0 Å². The molecular formula is C18H26IN5O3. The quantitative estimate of drug-likeness (QED) is 0.269. The summed E-state index contributed by atoms with van der Waals surface area (Å²) in [5.74, 6) is 4.04. The Bertz CT molecular complexity index is 763. The lowest BCUT2D eigenvalue weighted by atomic mass is 10.2. The number of guanidine groups is 1. The summed E-state index contributed by atoms with van der Waals surface area (Å²) in [7, 11) is 1.75.